The first-order chi connectivity index (χ1) is 39.6. The third kappa shape index (κ3) is 62.6. The van der Waals surface area contributed by atoms with Gasteiger partial charge < -0.3 is 33.3 Å². The first-order valence-electron chi connectivity index (χ1n) is 32.0. The fraction of sp³-hybridized carbons (Fsp3) is 0.625. The van der Waals surface area contributed by atoms with Crippen LogP contribution in [0.4, 0.5) is 0 Å². The molecule has 2 unspecified atom stereocenters. The van der Waals surface area contributed by atoms with Gasteiger partial charge in [-0.15, -0.1) is 0 Å². The lowest BCUT2D eigenvalue weighted by Gasteiger charge is -2.26. The van der Waals surface area contributed by atoms with Crippen LogP contribution in [0, 0.1) is 0 Å². The fourth-order valence-corrected chi connectivity index (χ4v) is 8.25. The van der Waals surface area contributed by atoms with Crippen molar-refractivity contribution in [3.05, 3.63) is 146 Å². The number of allylic oxidation sites excluding steroid dienone is 24. The molecule has 81 heavy (non-hydrogen) atoms. The fourth-order valence-electron chi connectivity index (χ4n) is 8.25. The second-order valence-electron chi connectivity index (χ2n) is 21.9. The predicted octanol–water partition coefficient (Wildman–Crippen LogP) is 18.2. The van der Waals surface area contributed by atoms with Gasteiger partial charge in [-0.2, -0.15) is 0 Å². The van der Waals surface area contributed by atoms with E-state index in [1.54, 1.807) is 0 Å². The number of hydrogen-bond acceptors (Lipinski definition) is 8. The summed E-state index contributed by atoms with van der Waals surface area (Å²) >= 11 is 0. The molecule has 0 N–H and O–H groups in total. The van der Waals surface area contributed by atoms with E-state index in [2.05, 4.69) is 160 Å². The minimum Gasteiger partial charge on any atom is -0.545 e. The van der Waals surface area contributed by atoms with E-state index >= 15 is 0 Å². The van der Waals surface area contributed by atoms with Crippen LogP contribution in [-0.2, 0) is 33.3 Å². The summed E-state index contributed by atoms with van der Waals surface area (Å²) in [6.07, 6.45) is 86.3. The third-order valence-corrected chi connectivity index (χ3v) is 13.1. The molecule has 0 saturated heterocycles. The van der Waals surface area contributed by atoms with Crippen LogP contribution in [0.3, 0.4) is 0 Å². The van der Waals surface area contributed by atoms with E-state index in [0.717, 1.165) is 109 Å². The van der Waals surface area contributed by atoms with Crippen molar-refractivity contribution in [3.8, 4) is 0 Å². The summed E-state index contributed by atoms with van der Waals surface area (Å²) in [6.45, 7) is 4.46. The van der Waals surface area contributed by atoms with Crippen molar-refractivity contribution in [1.29, 1.82) is 0 Å². The lowest BCUT2D eigenvalue weighted by atomic mass is 10.0. The highest BCUT2D eigenvalue weighted by Crippen LogP contribution is 2.16. The van der Waals surface area contributed by atoms with Gasteiger partial charge in [-0.05, 0) is 116 Å². The van der Waals surface area contributed by atoms with E-state index in [4.69, 9.17) is 18.9 Å². The highest BCUT2D eigenvalue weighted by molar-refractivity contribution is 5.70. The van der Waals surface area contributed by atoms with Gasteiger partial charge in [0.25, 0.3) is 0 Å². The molecule has 0 aliphatic rings. The number of aliphatic carboxylic acids is 1. The SMILES string of the molecule is CC/C=C\C/C=C\C/C=C\C/C=C\C/C=C\C/C=C\CCCCCCCCCCCCCCCCCCC(=O)OC(COC(=O)CCCC/C=C\C/C=C\C/C=C\C/C=C\C/C=C\C/C=C\CC)COC(OCC[N+](C)(C)C)C(=O)[O-]. The van der Waals surface area contributed by atoms with Gasteiger partial charge in [0.15, 0.2) is 12.4 Å². The van der Waals surface area contributed by atoms with Crippen LogP contribution in [0.1, 0.15) is 232 Å². The Kier molecular flexibility index (Phi) is 57.6. The van der Waals surface area contributed by atoms with Crippen molar-refractivity contribution in [2.45, 2.75) is 245 Å². The van der Waals surface area contributed by atoms with E-state index in [1.807, 2.05) is 21.1 Å². The molecule has 0 rings (SSSR count). The Balaban J connectivity index is 4.20. The van der Waals surface area contributed by atoms with Crippen molar-refractivity contribution >= 4 is 17.9 Å². The van der Waals surface area contributed by atoms with Crippen LogP contribution >= 0.6 is 0 Å². The first kappa shape index (κ1) is 76.2. The normalized spacial score (nSPS) is 13.7. The Morgan fingerprint density at radius 1 is 0.370 bits per heavy atom. The molecule has 0 aromatic carbocycles. The summed E-state index contributed by atoms with van der Waals surface area (Å²) in [5.74, 6) is -2.35. The molecule has 0 spiro atoms. The van der Waals surface area contributed by atoms with Crippen molar-refractivity contribution in [2.24, 2.45) is 0 Å². The number of carbonyl (C=O) groups is 3. The van der Waals surface area contributed by atoms with Crippen LogP contribution in [0.25, 0.3) is 0 Å². The molecular weight excluding hydrogens is 1010 g/mol. The van der Waals surface area contributed by atoms with Gasteiger partial charge in [-0.25, -0.2) is 0 Å². The molecule has 0 saturated carbocycles. The maximum Gasteiger partial charge on any atom is 0.306 e. The number of esters is 2. The molecule has 0 aromatic rings. The molecule has 0 bridgehead atoms. The number of hydrogen-bond donors (Lipinski definition) is 0. The number of carboxylic acids is 1. The smallest absolute Gasteiger partial charge is 0.306 e. The molecular formula is C72H117NO8. The average molecular weight is 1120 g/mol. The molecule has 0 aliphatic carbocycles. The summed E-state index contributed by atoms with van der Waals surface area (Å²) in [6, 6.07) is 0. The Morgan fingerprint density at radius 3 is 1.01 bits per heavy atom. The van der Waals surface area contributed by atoms with Gasteiger partial charge in [-0.3, -0.25) is 9.59 Å². The zero-order valence-corrected chi connectivity index (χ0v) is 52.1. The molecule has 0 fully saturated rings. The Labute approximate surface area is 496 Å². The molecule has 0 heterocycles. The molecule has 9 nitrogen and oxygen atoms in total. The maximum absolute atomic E-state index is 12.9. The molecule has 0 radical (unpaired) electrons. The van der Waals surface area contributed by atoms with Crippen LogP contribution in [-0.4, -0.2) is 82.3 Å². The van der Waals surface area contributed by atoms with Crippen LogP contribution < -0.4 is 5.11 Å². The van der Waals surface area contributed by atoms with Crippen LogP contribution in [0.15, 0.2) is 146 Å². The van der Waals surface area contributed by atoms with Crippen LogP contribution in [0.2, 0.25) is 0 Å². The molecule has 9 heteroatoms. The zero-order chi connectivity index (χ0) is 59.1. The predicted molar refractivity (Wildman–Crippen MR) is 342 cm³/mol. The quantitative estimate of drug-likeness (QED) is 0.0195. The minimum atomic E-state index is -1.64. The number of likely N-dealkylation sites (N-methyl/N-ethyl adjacent to an activating group) is 1. The van der Waals surface area contributed by atoms with Crippen LogP contribution in [0.5, 0.6) is 0 Å². The summed E-state index contributed by atoms with van der Waals surface area (Å²) in [7, 11) is 5.90. The number of quaternary nitrogens is 1. The van der Waals surface area contributed by atoms with Gasteiger partial charge in [0.1, 0.15) is 13.2 Å². The molecule has 0 aromatic heterocycles. The summed E-state index contributed by atoms with van der Waals surface area (Å²) in [4.78, 5) is 37.4. The summed E-state index contributed by atoms with van der Waals surface area (Å²) in [5.41, 5.74) is 0. The average Bonchev–Trinajstić information content (AvgIpc) is 3.44. The van der Waals surface area contributed by atoms with Gasteiger partial charge in [0.05, 0.1) is 40.3 Å². The Morgan fingerprint density at radius 2 is 0.667 bits per heavy atom. The van der Waals surface area contributed by atoms with Gasteiger partial charge in [-0.1, -0.05) is 250 Å². The first-order valence-corrected chi connectivity index (χ1v) is 32.0. The van der Waals surface area contributed by atoms with E-state index in [9.17, 15) is 19.5 Å². The number of carboxylic acid groups (broad SMARTS) is 1. The number of rotatable bonds is 57. The van der Waals surface area contributed by atoms with Gasteiger partial charge in [0, 0.05) is 12.8 Å². The Bertz CT molecular complexity index is 1840. The van der Waals surface area contributed by atoms with Gasteiger partial charge >= 0.3 is 11.9 Å². The van der Waals surface area contributed by atoms with Gasteiger partial charge in [0.2, 0.25) is 0 Å². The minimum absolute atomic E-state index is 0.134. The molecule has 0 aliphatic heterocycles. The largest absolute Gasteiger partial charge is 0.545 e. The highest BCUT2D eigenvalue weighted by atomic mass is 16.7. The molecule has 0 amide bonds. The van der Waals surface area contributed by atoms with Crippen molar-refractivity contribution in [2.75, 3.05) is 47.5 Å². The lowest BCUT2D eigenvalue weighted by Crippen LogP contribution is -2.44. The van der Waals surface area contributed by atoms with Crippen molar-refractivity contribution in [3.63, 3.8) is 0 Å². The summed E-state index contributed by atoms with van der Waals surface area (Å²) < 4.78 is 22.7. The number of unbranched alkanes of at least 4 members (excludes halogenated alkanes) is 18. The molecule has 2 atom stereocenters. The highest BCUT2D eigenvalue weighted by Gasteiger charge is 2.22. The van der Waals surface area contributed by atoms with E-state index in [-0.39, 0.29) is 32.7 Å². The second kappa shape index (κ2) is 61.2. The molecule has 458 valence electrons. The van der Waals surface area contributed by atoms with Crippen molar-refractivity contribution in [1.82, 2.24) is 0 Å². The number of ether oxygens (including phenoxy) is 4. The van der Waals surface area contributed by atoms with E-state index in [0.29, 0.717) is 23.9 Å². The maximum atomic E-state index is 12.9. The van der Waals surface area contributed by atoms with Crippen molar-refractivity contribution < 1.29 is 42.9 Å². The summed E-state index contributed by atoms with van der Waals surface area (Å²) in [5, 5.41) is 11.8. The lowest BCUT2D eigenvalue weighted by molar-refractivity contribution is -0.870. The monoisotopic (exact) mass is 1120 g/mol. The Hall–Kier alpha value is -4.83. The zero-order valence-electron chi connectivity index (χ0n) is 52.1. The second-order valence-corrected chi connectivity index (χ2v) is 21.9. The topological polar surface area (TPSA) is 111 Å². The number of carbonyl (C=O) groups excluding carboxylic acids is 3. The van der Waals surface area contributed by atoms with E-state index < -0.39 is 30.3 Å². The standard InChI is InChI=1S/C72H117NO8/c1-6-8-10-12-14-16-18-20-22-24-26-28-29-30-31-32-33-34-35-36-37-38-39-40-41-43-45-47-49-51-53-55-57-59-61-63-70(75)81-68(67-80-72(71(76)77)78-65-64-73(3,4)5)66-79-69(74)62-60-58-56-54-52-50-48-46-44-42-27-25-23-21-19-17-15-13-11-9-7-2/h8-11,14-17,20-23,26-28,30-31,33-34,42,46,48,52,54,68,72H,6-7,12-13,18-19,24-25,29,32,35-41,43-45,47,49-51,53,55-67H2,1-5H3/b10-8-,11-9-,16-14-,17-15-,22-20-,23-21-,28-26-,31-30-,34-33-,42-27-,48-46-,54-52-. The third-order valence-electron chi connectivity index (χ3n) is 13.1. The number of nitrogens with zero attached hydrogens (tertiary/aromatic N) is 1. The van der Waals surface area contributed by atoms with E-state index in [1.165, 1.54) is 83.5 Å².